The number of carbonyl (C=O) groups is 1. The highest BCUT2D eigenvalue weighted by atomic mass is 19.1. The Kier molecular flexibility index (Phi) is 7.46. The zero-order valence-electron chi connectivity index (χ0n) is 17.8. The zero-order chi connectivity index (χ0) is 21.5. The Morgan fingerprint density at radius 2 is 2.00 bits per heavy atom. The molecular formula is C24H29FN2O3. The lowest BCUT2D eigenvalue weighted by molar-refractivity contribution is -0.128. The van der Waals surface area contributed by atoms with Gasteiger partial charge in [-0.05, 0) is 54.3 Å². The van der Waals surface area contributed by atoms with E-state index in [1.165, 1.54) is 19.3 Å². The van der Waals surface area contributed by atoms with Crippen LogP contribution in [-0.4, -0.2) is 51.3 Å². The van der Waals surface area contributed by atoms with Gasteiger partial charge in [0.15, 0.2) is 11.6 Å². The number of benzene rings is 2. The lowest BCUT2D eigenvalue weighted by Crippen LogP contribution is -2.35. The number of anilines is 1. The van der Waals surface area contributed by atoms with Gasteiger partial charge < -0.3 is 19.3 Å². The van der Waals surface area contributed by atoms with Crippen LogP contribution in [0.3, 0.4) is 0 Å². The van der Waals surface area contributed by atoms with E-state index in [9.17, 15) is 9.18 Å². The Morgan fingerprint density at radius 3 is 2.60 bits per heavy atom. The third-order valence-electron chi connectivity index (χ3n) is 5.18. The molecule has 6 heteroatoms. The molecule has 30 heavy (non-hydrogen) atoms. The first-order valence-electron chi connectivity index (χ1n) is 10.1. The SMILES string of the molecule is COc1ccc(/C=C\C(=O)N(Cc2ccc(N(C)C)cc2)C[C@@H]2CCCO2)cc1F. The molecule has 1 saturated heterocycles. The first-order chi connectivity index (χ1) is 14.5. The van der Waals surface area contributed by atoms with Crippen molar-refractivity contribution in [2.24, 2.45) is 0 Å². The van der Waals surface area contributed by atoms with Crippen molar-refractivity contribution in [3.05, 3.63) is 65.5 Å². The molecule has 0 spiro atoms. The van der Waals surface area contributed by atoms with Crippen molar-refractivity contribution >= 4 is 17.7 Å². The number of ether oxygens (including phenoxy) is 2. The molecule has 1 aliphatic heterocycles. The first-order valence-corrected chi connectivity index (χ1v) is 10.1. The fourth-order valence-corrected chi connectivity index (χ4v) is 3.45. The minimum atomic E-state index is -0.454. The monoisotopic (exact) mass is 412 g/mol. The third kappa shape index (κ3) is 5.83. The van der Waals surface area contributed by atoms with Gasteiger partial charge in [0.2, 0.25) is 5.91 Å². The lowest BCUT2D eigenvalue weighted by atomic mass is 10.1. The van der Waals surface area contributed by atoms with Crippen molar-refractivity contribution in [1.82, 2.24) is 4.90 Å². The summed E-state index contributed by atoms with van der Waals surface area (Å²) in [5, 5.41) is 0. The van der Waals surface area contributed by atoms with Crippen molar-refractivity contribution in [2.75, 3.05) is 39.3 Å². The summed E-state index contributed by atoms with van der Waals surface area (Å²) in [6, 6.07) is 12.8. The standard InChI is InChI=1S/C24H29FN2O3/c1-26(2)20-10-6-19(7-11-20)16-27(17-21-5-4-14-30-21)24(28)13-9-18-8-12-23(29-3)22(25)15-18/h6-13,15,21H,4-5,14,16-17H2,1-3H3/b13-9-/t21-/m0/s1. The number of nitrogens with zero attached hydrogens (tertiary/aromatic N) is 2. The summed E-state index contributed by atoms with van der Waals surface area (Å²) in [6.07, 6.45) is 5.15. The van der Waals surface area contributed by atoms with Crippen molar-refractivity contribution in [3.8, 4) is 5.75 Å². The smallest absolute Gasteiger partial charge is 0.246 e. The zero-order valence-corrected chi connectivity index (χ0v) is 17.8. The van der Waals surface area contributed by atoms with E-state index in [-0.39, 0.29) is 17.8 Å². The number of methoxy groups -OCH3 is 1. The second kappa shape index (κ2) is 10.3. The highest BCUT2D eigenvalue weighted by molar-refractivity contribution is 5.91. The van der Waals surface area contributed by atoms with E-state index in [1.54, 1.807) is 23.1 Å². The Hall–Kier alpha value is -2.86. The molecule has 0 bridgehead atoms. The number of hydrogen-bond acceptors (Lipinski definition) is 4. The van der Waals surface area contributed by atoms with E-state index in [0.717, 1.165) is 30.7 Å². The maximum absolute atomic E-state index is 13.9. The molecule has 1 heterocycles. The molecule has 1 amide bonds. The van der Waals surface area contributed by atoms with Crippen LogP contribution in [0.25, 0.3) is 6.08 Å². The van der Waals surface area contributed by atoms with Gasteiger partial charge in [0.1, 0.15) is 0 Å². The first kappa shape index (κ1) is 21.8. The van der Waals surface area contributed by atoms with E-state index < -0.39 is 5.82 Å². The van der Waals surface area contributed by atoms with Crippen LogP contribution in [0.5, 0.6) is 5.75 Å². The Balaban J connectivity index is 1.73. The summed E-state index contributed by atoms with van der Waals surface area (Å²) in [5.41, 5.74) is 2.77. The average Bonchev–Trinajstić information content (AvgIpc) is 3.25. The van der Waals surface area contributed by atoms with Gasteiger partial charge in [-0.3, -0.25) is 4.79 Å². The van der Waals surface area contributed by atoms with Crippen LogP contribution in [0, 0.1) is 5.82 Å². The molecule has 1 aliphatic rings. The van der Waals surface area contributed by atoms with Gasteiger partial charge in [-0.25, -0.2) is 4.39 Å². The van der Waals surface area contributed by atoms with Crippen LogP contribution in [0.4, 0.5) is 10.1 Å². The van der Waals surface area contributed by atoms with Gasteiger partial charge in [0.05, 0.1) is 13.2 Å². The number of amides is 1. The molecule has 160 valence electrons. The maximum atomic E-state index is 13.9. The predicted molar refractivity (Wildman–Crippen MR) is 117 cm³/mol. The van der Waals surface area contributed by atoms with E-state index in [0.29, 0.717) is 18.7 Å². The molecule has 3 rings (SSSR count). The number of rotatable bonds is 8. The van der Waals surface area contributed by atoms with Crippen molar-refractivity contribution < 1.29 is 18.7 Å². The Bertz CT molecular complexity index is 875. The molecular weight excluding hydrogens is 383 g/mol. The molecule has 0 unspecified atom stereocenters. The number of halogens is 1. The van der Waals surface area contributed by atoms with Gasteiger partial charge in [0, 0.05) is 45.6 Å². The fraction of sp³-hybridized carbons (Fsp3) is 0.375. The van der Waals surface area contributed by atoms with E-state index in [2.05, 4.69) is 0 Å². The summed E-state index contributed by atoms with van der Waals surface area (Å²) < 4.78 is 24.6. The summed E-state index contributed by atoms with van der Waals surface area (Å²) in [6.45, 7) is 1.77. The predicted octanol–water partition coefficient (Wildman–Crippen LogP) is 4.12. The van der Waals surface area contributed by atoms with Crippen molar-refractivity contribution in [3.63, 3.8) is 0 Å². The quantitative estimate of drug-likeness (QED) is 0.612. The highest BCUT2D eigenvalue weighted by Gasteiger charge is 2.21. The topological polar surface area (TPSA) is 42.0 Å². The van der Waals surface area contributed by atoms with Crippen LogP contribution in [-0.2, 0) is 16.1 Å². The molecule has 0 aliphatic carbocycles. The summed E-state index contributed by atoms with van der Waals surface area (Å²) in [5.74, 6) is -0.401. The molecule has 1 atom stereocenters. The minimum Gasteiger partial charge on any atom is -0.494 e. The fourth-order valence-electron chi connectivity index (χ4n) is 3.45. The van der Waals surface area contributed by atoms with Crippen LogP contribution < -0.4 is 9.64 Å². The third-order valence-corrected chi connectivity index (χ3v) is 5.18. The largest absolute Gasteiger partial charge is 0.494 e. The van der Waals surface area contributed by atoms with E-state index in [4.69, 9.17) is 9.47 Å². The van der Waals surface area contributed by atoms with E-state index >= 15 is 0 Å². The molecule has 0 radical (unpaired) electrons. The average molecular weight is 413 g/mol. The summed E-state index contributed by atoms with van der Waals surface area (Å²) >= 11 is 0. The van der Waals surface area contributed by atoms with Crippen molar-refractivity contribution in [2.45, 2.75) is 25.5 Å². The van der Waals surface area contributed by atoms with Gasteiger partial charge in [-0.1, -0.05) is 18.2 Å². The molecule has 0 saturated carbocycles. The van der Waals surface area contributed by atoms with Gasteiger partial charge >= 0.3 is 0 Å². The van der Waals surface area contributed by atoms with Gasteiger partial charge in [-0.15, -0.1) is 0 Å². The number of carbonyl (C=O) groups excluding carboxylic acids is 1. The Labute approximate surface area is 177 Å². The molecule has 0 N–H and O–H groups in total. The normalized spacial score (nSPS) is 16.1. The van der Waals surface area contributed by atoms with Crippen LogP contribution >= 0.6 is 0 Å². The van der Waals surface area contributed by atoms with Crippen LogP contribution in [0.15, 0.2) is 48.5 Å². The van der Waals surface area contributed by atoms with Crippen molar-refractivity contribution in [1.29, 1.82) is 0 Å². The number of hydrogen-bond donors (Lipinski definition) is 0. The highest BCUT2D eigenvalue weighted by Crippen LogP contribution is 2.20. The van der Waals surface area contributed by atoms with Gasteiger partial charge in [-0.2, -0.15) is 0 Å². The molecule has 2 aromatic rings. The summed E-state index contributed by atoms with van der Waals surface area (Å²) in [4.78, 5) is 16.8. The van der Waals surface area contributed by atoms with Crippen LogP contribution in [0.2, 0.25) is 0 Å². The Morgan fingerprint density at radius 1 is 1.23 bits per heavy atom. The molecule has 0 aromatic heterocycles. The lowest BCUT2D eigenvalue weighted by Gasteiger charge is -2.25. The van der Waals surface area contributed by atoms with Crippen LogP contribution in [0.1, 0.15) is 24.0 Å². The molecule has 2 aromatic carbocycles. The second-order valence-electron chi connectivity index (χ2n) is 7.64. The summed E-state index contributed by atoms with van der Waals surface area (Å²) in [7, 11) is 5.41. The second-order valence-corrected chi connectivity index (χ2v) is 7.64. The molecule has 1 fully saturated rings. The van der Waals surface area contributed by atoms with E-state index in [1.807, 2.05) is 43.3 Å². The van der Waals surface area contributed by atoms with Gasteiger partial charge in [0.25, 0.3) is 0 Å². The molecule has 5 nitrogen and oxygen atoms in total. The minimum absolute atomic E-state index is 0.0572. The maximum Gasteiger partial charge on any atom is 0.246 e.